The summed E-state index contributed by atoms with van der Waals surface area (Å²) in [5, 5.41) is 0. The predicted octanol–water partition coefficient (Wildman–Crippen LogP) is 1.79. The van der Waals surface area contributed by atoms with E-state index in [1.54, 1.807) is 4.31 Å². The molecule has 0 radical (unpaired) electrons. The molecule has 3 nitrogen and oxygen atoms in total. The van der Waals surface area contributed by atoms with Crippen LogP contribution in [0, 0.1) is 11.8 Å². The molecular formula is C9H16BrNO2S. The minimum Gasteiger partial charge on any atom is -0.211 e. The van der Waals surface area contributed by atoms with E-state index in [9.17, 15) is 8.42 Å². The first kappa shape index (κ1) is 10.9. The first-order valence-corrected chi connectivity index (χ1v) is 7.88. The van der Waals surface area contributed by atoms with E-state index in [1.165, 1.54) is 19.3 Å². The summed E-state index contributed by atoms with van der Waals surface area (Å²) in [6, 6.07) is 0. The Morgan fingerprint density at radius 3 is 2.64 bits per heavy atom. The minimum atomic E-state index is -3.02. The number of fused-ring (bicyclic) bond motifs is 2. The van der Waals surface area contributed by atoms with Gasteiger partial charge >= 0.3 is 0 Å². The lowest BCUT2D eigenvalue weighted by Crippen LogP contribution is -2.35. The smallest absolute Gasteiger partial charge is 0.211 e. The molecule has 0 aromatic heterocycles. The second kappa shape index (κ2) is 4.10. The van der Waals surface area contributed by atoms with Crippen molar-refractivity contribution >= 4 is 26.0 Å². The van der Waals surface area contributed by atoms with Crippen LogP contribution in [-0.4, -0.2) is 30.5 Å². The number of hydrogen-bond acceptors (Lipinski definition) is 2. The largest absolute Gasteiger partial charge is 0.224 e. The third-order valence-electron chi connectivity index (χ3n) is 3.43. The van der Waals surface area contributed by atoms with Crippen LogP contribution in [0.25, 0.3) is 0 Å². The highest BCUT2D eigenvalue weighted by Crippen LogP contribution is 2.37. The van der Waals surface area contributed by atoms with Crippen molar-refractivity contribution in [2.45, 2.75) is 25.7 Å². The van der Waals surface area contributed by atoms with Gasteiger partial charge in [0, 0.05) is 13.1 Å². The molecule has 1 aliphatic carbocycles. The first-order valence-electron chi connectivity index (χ1n) is 5.15. The number of rotatable bonds is 2. The maximum absolute atomic E-state index is 11.7. The molecule has 1 heterocycles. The van der Waals surface area contributed by atoms with Gasteiger partial charge in [0.05, 0.1) is 0 Å². The summed E-state index contributed by atoms with van der Waals surface area (Å²) in [4.78, 5) is 0. The van der Waals surface area contributed by atoms with Gasteiger partial charge in [-0.25, -0.2) is 12.7 Å². The van der Waals surface area contributed by atoms with E-state index in [-0.39, 0.29) is 4.66 Å². The molecular weight excluding hydrogens is 266 g/mol. The Morgan fingerprint density at radius 2 is 1.93 bits per heavy atom. The van der Waals surface area contributed by atoms with Gasteiger partial charge in [-0.1, -0.05) is 22.4 Å². The lowest BCUT2D eigenvalue weighted by Gasteiger charge is -2.22. The van der Waals surface area contributed by atoms with Gasteiger partial charge in [0.2, 0.25) is 10.0 Å². The van der Waals surface area contributed by atoms with Crippen LogP contribution in [-0.2, 0) is 10.0 Å². The Hall–Kier alpha value is 0.390. The molecule has 0 aromatic rings. The average molecular weight is 282 g/mol. The monoisotopic (exact) mass is 281 g/mol. The minimum absolute atomic E-state index is 0.0669. The molecule has 14 heavy (non-hydrogen) atoms. The molecule has 2 fully saturated rings. The SMILES string of the molecule is O=S(=O)(CBr)N1CCC2CCC(C2)C1. The number of nitrogens with zero attached hydrogens (tertiary/aromatic N) is 1. The van der Waals surface area contributed by atoms with Crippen LogP contribution in [0.2, 0.25) is 0 Å². The molecule has 0 aromatic carbocycles. The normalized spacial score (nSPS) is 34.4. The van der Waals surface area contributed by atoms with E-state index >= 15 is 0 Å². The van der Waals surface area contributed by atoms with Gasteiger partial charge in [-0.2, -0.15) is 0 Å². The summed E-state index contributed by atoms with van der Waals surface area (Å²) in [5.41, 5.74) is 0. The van der Waals surface area contributed by atoms with E-state index in [1.807, 2.05) is 0 Å². The summed E-state index contributed by atoms with van der Waals surface area (Å²) in [6.45, 7) is 1.49. The van der Waals surface area contributed by atoms with Crippen LogP contribution in [0.3, 0.4) is 0 Å². The summed E-state index contributed by atoms with van der Waals surface area (Å²) in [6.07, 6.45) is 4.84. The molecule has 0 amide bonds. The zero-order valence-corrected chi connectivity index (χ0v) is 10.6. The van der Waals surface area contributed by atoms with E-state index in [0.717, 1.165) is 25.4 Å². The summed E-state index contributed by atoms with van der Waals surface area (Å²) in [5.74, 6) is 1.41. The molecule has 0 spiro atoms. The lowest BCUT2D eigenvalue weighted by atomic mass is 10.0. The fraction of sp³-hybridized carbons (Fsp3) is 1.00. The maximum atomic E-state index is 11.7. The van der Waals surface area contributed by atoms with Crippen molar-refractivity contribution in [3.8, 4) is 0 Å². The predicted molar refractivity (Wildman–Crippen MR) is 59.7 cm³/mol. The van der Waals surface area contributed by atoms with Crippen molar-refractivity contribution in [2.75, 3.05) is 17.8 Å². The zero-order chi connectivity index (χ0) is 10.2. The van der Waals surface area contributed by atoms with Crippen molar-refractivity contribution in [3.05, 3.63) is 0 Å². The number of sulfonamides is 1. The van der Waals surface area contributed by atoms with Crippen molar-refractivity contribution < 1.29 is 8.42 Å². The standard InChI is InChI=1S/C9H16BrNO2S/c10-7-14(12,13)11-4-3-8-1-2-9(5-8)6-11/h8-9H,1-7H2. The highest BCUT2D eigenvalue weighted by Gasteiger charge is 2.33. The second-order valence-corrected chi connectivity index (χ2v) is 7.68. The molecule has 82 valence electrons. The molecule has 2 aliphatic rings. The fourth-order valence-electron chi connectivity index (χ4n) is 2.63. The third-order valence-corrected chi connectivity index (χ3v) is 6.56. The Morgan fingerprint density at radius 1 is 1.21 bits per heavy atom. The zero-order valence-electron chi connectivity index (χ0n) is 8.15. The highest BCUT2D eigenvalue weighted by molar-refractivity contribution is 9.10. The molecule has 0 N–H and O–H groups in total. The average Bonchev–Trinajstić information content (AvgIpc) is 2.45. The van der Waals surface area contributed by atoms with Crippen LogP contribution in [0.1, 0.15) is 25.7 Å². The molecule has 2 rings (SSSR count). The van der Waals surface area contributed by atoms with Crippen molar-refractivity contribution in [1.82, 2.24) is 4.31 Å². The number of alkyl halides is 1. The van der Waals surface area contributed by atoms with Crippen LogP contribution in [0.4, 0.5) is 0 Å². The van der Waals surface area contributed by atoms with Crippen LogP contribution < -0.4 is 0 Å². The number of hydrogen-bond donors (Lipinski definition) is 0. The molecule has 1 aliphatic heterocycles. The summed E-state index contributed by atoms with van der Waals surface area (Å²) in [7, 11) is -3.02. The van der Waals surface area contributed by atoms with Crippen molar-refractivity contribution in [3.63, 3.8) is 0 Å². The van der Waals surface area contributed by atoms with Gasteiger partial charge in [0.25, 0.3) is 0 Å². The molecule has 1 saturated heterocycles. The molecule has 2 unspecified atom stereocenters. The van der Waals surface area contributed by atoms with Crippen molar-refractivity contribution in [1.29, 1.82) is 0 Å². The van der Waals surface area contributed by atoms with Gasteiger partial charge in [0.1, 0.15) is 4.66 Å². The Kier molecular flexibility index (Phi) is 3.19. The van der Waals surface area contributed by atoms with Crippen LogP contribution in [0.5, 0.6) is 0 Å². The van der Waals surface area contributed by atoms with E-state index < -0.39 is 10.0 Å². The van der Waals surface area contributed by atoms with Gasteiger partial charge in [-0.05, 0) is 31.1 Å². The van der Waals surface area contributed by atoms with Gasteiger partial charge in [0.15, 0.2) is 0 Å². The topological polar surface area (TPSA) is 37.4 Å². The Labute approximate surface area is 94.0 Å². The summed E-state index contributed by atoms with van der Waals surface area (Å²) < 4.78 is 25.1. The summed E-state index contributed by atoms with van der Waals surface area (Å²) >= 11 is 3.06. The van der Waals surface area contributed by atoms with Crippen LogP contribution in [0.15, 0.2) is 0 Å². The second-order valence-electron chi connectivity index (χ2n) is 4.41. The lowest BCUT2D eigenvalue weighted by molar-refractivity contribution is 0.353. The van der Waals surface area contributed by atoms with Gasteiger partial charge in [-0.15, -0.1) is 0 Å². The van der Waals surface area contributed by atoms with Gasteiger partial charge in [-0.3, -0.25) is 0 Å². The van der Waals surface area contributed by atoms with E-state index in [2.05, 4.69) is 15.9 Å². The van der Waals surface area contributed by atoms with E-state index in [0.29, 0.717) is 5.92 Å². The van der Waals surface area contributed by atoms with Gasteiger partial charge < -0.3 is 0 Å². The maximum Gasteiger partial charge on any atom is 0.224 e. The highest BCUT2D eigenvalue weighted by atomic mass is 79.9. The van der Waals surface area contributed by atoms with E-state index in [4.69, 9.17) is 0 Å². The molecule has 1 saturated carbocycles. The quantitative estimate of drug-likeness (QED) is 0.724. The first-order chi connectivity index (χ1) is 6.62. The molecule has 5 heteroatoms. The van der Waals surface area contributed by atoms with Crippen LogP contribution >= 0.6 is 15.9 Å². The van der Waals surface area contributed by atoms with Crippen molar-refractivity contribution in [2.24, 2.45) is 11.8 Å². The molecule has 2 bridgehead atoms. The third kappa shape index (κ3) is 2.14. The molecule has 2 atom stereocenters. The Balaban J connectivity index is 2.09. The number of halogens is 1. The Bertz CT molecular complexity index is 304. The fourth-order valence-corrected chi connectivity index (χ4v) is 4.46.